The maximum Gasteiger partial charge on any atom is 0.424 e. The van der Waals surface area contributed by atoms with Gasteiger partial charge in [0.25, 0.3) is 11.8 Å². The van der Waals surface area contributed by atoms with E-state index in [0.29, 0.717) is 13.8 Å². The van der Waals surface area contributed by atoms with Gasteiger partial charge in [0.1, 0.15) is 34.4 Å². The number of aromatic nitrogens is 2. The van der Waals surface area contributed by atoms with E-state index in [2.05, 4.69) is 20.3 Å². The molecule has 0 aromatic carbocycles. The summed E-state index contributed by atoms with van der Waals surface area (Å²) in [5.74, 6) is -6.28. The lowest BCUT2D eigenvalue weighted by Crippen LogP contribution is -2.60. The van der Waals surface area contributed by atoms with E-state index >= 15 is 0 Å². The molecule has 0 radical (unpaired) electrons. The molecule has 0 bridgehead atoms. The summed E-state index contributed by atoms with van der Waals surface area (Å²) in [5.41, 5.74) is -0.446. The van der Waals surface area contributed by atoms with Gasteiger partial charge in [0.15, 0.2) is 0 Å². The molecule has 184 valence electrons. The van der Waals surface area contributed by atoms with Crippen molar-refractivity contribution in [2.75, 3.05) is 11.9 Å². The Morgan fingerprint density at radius 3 is 2.41 bits per heavy atom. The number of hydrogen-bond donors (Lipinski definition) is 2. The number of amides is 1. The lowest BCUT2D eigenvalue weighted by molar-refractivity contribution is -0.249. The number of nitrogens with one attached hydrogen (secondary N) is 1. The van der Waals surface area contributed by atoms with Gasteiger partial charge in [0.2, 0.25) is 5.60 Å². The second kappa shape index (κ2) is 8.38. The zero-order valence-electron chi connectivity index (χ0n) is 17.9. The highest BCUT2D eigenvalue weighted by molar-refractivity contribution is 6.34. The Kier molecular flexibility index (Phi) is 6.33. The zero-order chi connectivity index (χ0) is 25.7. The van der Waals surface area contributed by atoms with E-state index in [1.165, 1.54) is 6.92 Å². The number of anilines is 1. The van der Waals surface area contributed by atoms with Crippen molar-refractivity contribution in [2.45, 2.75) is 44.0 Å². The predicted octanol–water partition coefficient (Wildman–Crippen LogP) is 4.56. The summed E-state index contributed by atoms with van der Waals surface area (Å²) >= 11 is 5.90. The summed E-state index contributed by atoms with van der Waals surface area (Å²) in [6.45, 7) is 1.87. The molecular weight excluding hydrogens is 492 g/mol. The van der Waals surface area contributed by atoms with Crippen molar-refractivity contribution in [3.8, 4) is 0 Å². The average Bonchev–Trinajstić information content (AvgIpc) is 2.70. The molecule has 3 heterocycles. The van der Waals surface area contributed by atoms with Gasteiger partial charge >= 0.3 is 6.18 Å². The standard InChI is InChI=1S/C20H18ClF6N5O2/c1-17(8-34-18(2,16(28)32-17)20(25,26)27)14-11(22)4-5-12(30-14)31-15(33)13-10(21)6-9(7-29-13)19(3,23)24/h4-7H,8H2,1-3H3,(H2,28,32)(H,30,31,33)/t17-,18+/m0/s1. The van der Waals surface area contributed by atoms with Gasteiger partial charge in [-0.15, -0.1) is 0 Å². The lowest BCUT2D eigenvalue weighted by atomic mass is 9.93. The summed E-state index contributed by atoms with van der Waals surface area (Å²) in [7, 11) is 0. The molecule has 0 aliphatic carbocycles. The third-order valence-corrected chi connectivity index (χ3v) is 5.49. The molecule has 14 heteroatoms. The fourth-order valence-electron chi connectivity index (χ4n) is 3.02. The maximum absolute atomic E-state index is 14.6. The molecule has 0 fully saturated rings. The number of pyridine rings is 2. The van der Waals surface area contributed by atoms with Crippen molar-refractivity contribution in [3.63, 3.8) is 0 Å². The Bertz CT molecular complexity index is 1170. The smallest absolute Gasteiger partial charge is 0.385 e. The summed E-state index contributed by atoms with van der Waals surface area (Å²) in [4.78, 5) is 23.9. The van der Waals surface area contributed by atoms with Crippen LogP contribution in [-0.2, 0) is 16.2 Å². The molecule has 0 saturated carbocycles. The summed E-state index contributed by atoms with van der Waals surface area (Å²) in [6, 6.07) is 2.85. The molecule has 0 unspecified atom stereocenters. The predicted molar refractivity (Wildman–Crippen MR) is 110 cm³/mol. The minimum absolute atomic E-state index is 0.233. The Morgan fingerprint density at radius 1 is 1.24 bits per heavy atom. The second-order valence-electron chi connectivity index (χ2n) is 8.01. The summed E-state index contributed by atoms with van der Waals surface area (Å²) in [5, 5.41) is 1.92. The van der Waals surface area contributed by atoms with E-state index in [0.717, 1.165) is 24.4 Å². The molecule has 2 aromatic heterocycles. The van der Waals surface area contributed by atoms with Gasteiger partial charge < -0.3 is 15.8 Å². The van der Waals surface area contributed by atoms with E-state index < -0.39 is 64.4 Å². The molecule has 1 aliphatic heterocycles. The second-order valence-corrected chi connectivity index (χ2v) is 8.42. The van der Waals surface area contributed by atoms with E-state index in [-0.39, 0.29) is 10.8 Å². The fraction of sp³-hybridized carbons (Fsp3) is 0.400. The third kappa shape index (κ3) is 4.67. The van der Waals surface area contributed by atoms with E-state index in [1.54, 1.807) is 0 Å². The molecule has 1 amide bonds. The minimum Gasteiger partial charge on any atom is -0.385 e. The molecule has 34 heavy (non-hydrogen) atoms. The van der Waals surface area contributed by atoms with Gasteiger partial charge in [-0.05, 0) is 32.0 Å². The largest absolute Gasteiger partial charge is 0.424 e. The van der Waals surface area contributed by atoms with Crippen LogP contribution in [0.5, 0.6) is 0 Å². The highest BCUT2D eigenvalue weighted by Gasteiger charge is 2.59. The fourth-order valence-corrected chi connectivity index (χ4v) is 3.27. The van der Waals surface area contributed by atoms with Crippen LogP contribution in [0.15, 0.2) is 29.4 Å². The number of alkyl halides is 5. The number of aliphatic imine (C=N–C) groups is 1. The maximum atomic E-state index is 14.6. The number of hydrogen-bond acceptors (Lipinski definition) is 6. The van der Waals surface area contributed by atoms with Crippen molar-refractivity contribution in [1.29, 1.82) is 0 Å². The molecule has 1 aliphatic rings. The highest BCUT2D eigenvalue weighted by Crippen LogP contribution is 2.41. The zero-order valence-corrected chi connectivity index (χ0v) is 18.7. The third-order valence-electron chi connectivity index (χ3n) is 5.20. The van der Waals surface area contributed by atoms with Gasteiger partial charge in [-0.1, -0.05) is 11.6 Å². The number of rotatable bonds is 4. The Hall–Kier alpha value is -2.93. The number of amidine groups is 1. The van der Waals surface area contributed by atoms with Crippen LogP contribution in [0.25, 0.3) is 0 Å². The summed E-state index contributed by atoms with van der Waals surface area (Å²) in [6.07, 6.45) is -4.09. The minimum atomic E-state index is -4.87. The number of carbonyl (C=O) groups excluding carboxylic acids is 1. The highest BCUT2D eigenvalue weighted by atomic mass is 35.5. The number of halogens is 7. The van der Waals surface area contributed by atoms with Crippen LogP contribution in [0.3, 0.4) is 0 Å². The Balaban J connectivity index is 1.91. The van der Waals surface area contributed by atoms with Gasteiger partial charge in [-0.3, -0.25) is 9.79 Å². The number of nitrogens with two attached hydrogens (primary N) is 1. The van der Waals surface area contributed by atoms with Crippen molar-refractivity contribution in [1.82, 2.24) is 9.97 Å². The number of ether oxygens (including phenoxy) is 1. The van der Waals surface area contributed by atoms with Crippen LogP contribution in [0, 0.1) is 5.82 Å². The van der Waals surface area contributed by atoms with Gasteiger partial charge in [0.05, 0.1) is 11.6 Å². The first-order valence-electron chi connectivity index (χ1n) is 9.56. The van der Waals surface area contributed by atoms with Gasteiger partial charge in [0, 0.05) is 18.7 Å². The first kappa shape index (κ1) is 25.7. The SMILES string of the molecule is CC(F)(F)c1cnc(C(=O)Nc2ccc(F)c([C@]3(C)CO[C@@](C)(C(F)(F)F)C(N)=N3)n2)c(Cl)c1. The van der Waals surface area contributed by atoms with Gasteiger partial charge in [-0.2, -0.15) is 13.2 Å². The molecule has 2 atom stereocenters. The number of nitrogens with zero attached hydrogens (tertiary/aromatic N) is 3. The monoisotopic (exact) mass is 509 g/mol. The molecule has 2 aromatic rings. The van der Waals surface area contributed by atoms with Crippen molar-refractivity contribution in [3.05, 3.63) is 52.2 Å². The van der Waals surface area contributed by atoms with Crippen molar-refractivity contribution in [2.24, 2.45) is 10.7 Å². The van der Waals surface area contributed by atoms with Crippen LogP contribution in [0.4, 0.5) is 32.2 Å². The molecule has 0 saturated heterocycles. The van der Waals surface area contributed by atoms with E-state index in [1.807, 2.05) is 0 Å². The molecular formula is C20H18ClF6N5O2. The van der Waals surface area contributed by atoms with Crippen LogP contribution in [0.2, 0.25) is 5.02 Å². The molecule has 7 nitrogen and oxygen atoms in total. The van der Waals surface area contributed by atoms with Crippen LogP contribution in [0.1, 0.15) is 42.5 Å². The topological polar surface area (TPSA) is 102 Å². The molecule has 3 rings (SSSR count). The Labute approximate surface area is 194 Å². The molecule has 0 spiro atoms. The lowest BCUT2D eigenvalue weighted by Gasteiger charge is -2.40. The van der Waals surface area contributed by atoms with Gasteiger partial charge in [-0.25, -0.2) is 23.1 Å². The van der Waals surface area contributed by atoms with Crippen molar-refractivity contribution < 1.29 is 35.9 Å². The van der Waals surface area contributed by atoms with Crippen LogP contribution >= 0.6 is 11.6 Å². The van der Waals surface area contributed by atoms with Crippen molar-refractivity contribution >= 4 is 29.2 Å². The average molecular weight is 510 g/mol. The first-order chi connectivity index (χ1) is 15.5. The summed E-state index contributed by atoms with van der Waals surface area (Å²) < 4.78 is 86.3. The van der Waals surface area contributed by atoms with Crippen LogP contribution in [-0.4, -0.2) is 40.1 Å². The molecule has 3 N–H and O–H groups in total. The Morgan fingerprint density at radius 2 is 1.88 bits per heavy atom. The van der Waals surface area contributed by atoms with E-state index in [9.17, 15) is 31.1 Å². The van der Waals surface area contributed by atoms with E-state index in [4.69, 9.17) is 22.1 Å². The first-order valence-corrected chi connectivity index (χ1v) is 9.94. The normalized spacial score (nSPS) is 23.4. The number of carbonyl (C=O) groups is 1. The van der Waals surface area contributed by atoms with Crippen LogP contribution < -0.4 is 11.1 Å². The quantitative estimate of drug-likeness (QED) is 0.588.